The summed E-state index contributed by atoms with van der Waals surface area (Å²) in [7, 11) is 0. The molecule has 1 atom stereocenters. The van der Waals surface area contributed by atoms with E-state index in [0.717, 1.165) is 5.56 Å². The normalized spacial score (nSPS) is 18.3. The second kappa shape index (κ2) is 7.09. The van der Waals surface area contributed by atoms with Crippen LogP contribution in [0.1, 0.15) is 29.3 Å². The number of aliphatic hydroxyl groups excluding tert-OH is 1. The summed E-state index contributed by atoms with van der Waals surface area (Å²) in [6.07, 6.45) is 0.558. The van der Waals surface area contributed by atoms with Crippen molar-refractivity contribution in [1.29, 1.82) is 0 Å². The topological polar surface area (TPSA) is 49.8 Å². The smallest absolute Gasteiger partial charge is 0.254 e. The monoisotopic (exact) mass is 273 g/mol. The number of benzene rings is 1. The molecule has 1 aromatic carbocycles. The van der Waals surface area contributed by atoms with E-state index in [2.05, 4.69) is 11.8 Å². The Hall–Kier alpha value is -1.83. The van der Waals surface area contributed by atoms with Crippen molar-refractivity contribution in [1.82, 2.24) is 4.90 Å². The summed E-state index contributed by atoms with van der Waals surface area (Å²) in [5.41, 5.74) is 1.53. The Balaban J connectivity index is 2.02. The van der Waals surface area contributed by atoms with Crippen molar-refractivity contribution in [3.05, 3.63) is 35.4 Å². The van der Waals surface area contributed by atoms with Gasteiger partial charge in [0.15, 0.2) is 0 Å². The SMILES string of the molecule is CC1CN(C(=O)c2ccc(C#CCCO)cc2)CCO1. The molecule has 4 heteroatoms. The molecule has 20 heavy (non-hydrogen) atoms. The number of nitrogens with zero attached hydrogens (tertiary/aromatic N) is 1. The van der Waals surface area contributed by atoms with Crippen molar-refractivity contribution in [2.24, 2.45) is 0 Å². The Labute approximate surface area is 119 Å². The molecular formula is C16H19NO3. The molecule has 1 N–H and O–H groups in total. The van der Waals surface area contributed by atoms with Gasteiger partial charge in [-0.1, -0.05) is 11.8 Å². The molecule has 1 heterocycles. The Bertz CT molecular complexity index is 513. The molecule has 1 aliphatic heterocycles. The zero-order valence-corrected chi connectivity index (χ0v) is 11.6. The first-order valence-electron chi connectivity index (χ1n) is 6.81. The second-order valence-corrected chi connectivity index (χ2v) is 4.79. The second-order valence-electron chi connectivity index (χ2n) is 4.79. The maximum atomic E-state index is 12.3. The third kappa shape index (κ3) is 3.83. The first kappa shape index (κ1) is 14.6. The summed E-state index contributed by atoms with van der Waals surface area (Å²) in [6.45, 7) is 3.91. The lowest BCUT2D eigenvalue weighted by Crippen LogP contribution is -2.44. The summed E-state index contributed by atoms with van der Waals surface area (Å²) < 4.78 is 5.44. The van der Waals surface area contributed by atoms with Gasteiger partial charge in [-0.3, -0.25) is 4.79 Å². The fraction of sp³-hybridized carbons (Fsp3) is 0.438. The van der Waals surface area contributed by atoms with Gasteiger partial charge in [-0.05, 0) is 31.2 Å². The van der Waals surface area contributed by atoms with E-state index in [1.807, 2.05) is 24.0 Å². The fourth-order valence-corrected chi connectivity index (χ4v) is 2.10. The predicted molar refractivity (Wildman–Crippen MR) is 76.3 cm³/mol. The van der Waals surface area contributed by atoms with Gasteiger partial charge >= 0.3 is 0 Å². The minimum atomic E-state index is 0.0371. The van der Waals surface area contributed by atoms with Crippen molar-refractivity contribution >= 4 is 5.91 Å². The van der Waals surface area contributed by atoms with Crippen LogP contribution in [0.5, 0.6) is 0 Å². The highest BCUT2D eigenvalue weighted by Crippen LogP contribution is 2.11. The van der Waals surface area contributed by atoms with Crippen LogP contribution < -0.4 is 0 Å². The number of hydrogen-bond donors (Lipinski definition) is 1. The van der Waals surface area contributed by atoms with Crippen LogP contribution in [0.4, 0.5) is 0 Å². The van der Waals surface area contributed by atoms with Gasteiger partial charge in [0.25, 0.3) is 5.91 Å². The van der Waals surface area contributed by atoms with Gasteiger partial charge in [0.2, 0.25) is 0 Å². The van der Waals surface area contributed by atoms with Gasteiger partial charge in [-0.15, -0.1) is 0 Å². The molecule has 1 fully saturated rings. The summed E-state index contributed by atoms with van der Waals surface area (Å²) in [5.74, 6) is 5.84. The molecule has 2 rings (SSSR count). The highest BCUT2D eigenvalue weighted by atomic mass is 16.5. The number of rotatable bonds is 2. The Morgan fingerprint density at radius 2 is 2.20 bits per heavy atom. The number of aliphatic hydroxyl groups is 1. The molecular weight excluding hydrogens is 254 g/mol. The van der Waals surface area contributed by atoms with E-state index in [4.69, 9.17) is 9.84 Å². The summed E-state index contributed by atoms with van der Waals surface area (Å²) in [6, 6.07) is 7.26. The average Bonchev–Trinajstić information content (AvgIpc) is 2.47. The fourth-order valence-electron chi connectivity index (χ4n) is 2.10. The van der Waals surface area contributed by atoms with Crippen LogP contribution in [-0.4, -0.2) is 48.3 Å². The molecule has 0 saturated carbocycles. The predicted octanol–water partition coefficient (Wildman–Crippen LogP) is 1.28. The van der Waals surface area contributed by atoms with Crippen molar-refractivity contribution < 1.29 is 14.6 Å². The molecule has 1 amide bonds. The Morgan fingerprint density at radius 1 is 1.45 bits per heavy atom. The van der Waals surface area contributed by atoms with E-state index < -0.39 is 0 Å². The summed E-state index contributed by atoms with van der Waals surface area (Å²) in [4.78, 5) is 14.1. The van der Waals surface area contributed by atoms with Gasteiger partial charge < -0.3 is 14.7 Å². The van der Waals surface area contributed by atoms with E-state index in [-0.39, 0.29) is 18.6 Å². The van der Waals surface area contributed by atoms with Crippen molar-refractivity contribution in [3.8, 4) is 11.8 Å². The molecule has 1 unspecified atom stereocenters. The highest BCUT2D eigenvalue weighted by Gasteiger charge is 2.22. The quantitative estimate of drug-likeness (QED) is 0.826. The number of amides is 1. The van der Waals surface area contributed by atoms with Crippen molar-refractivity contribution in [3.63, 3.8) is 0 Å². The number of ether oxygens (including phenoxy) is 1. The lowest BCUT2D eigenvalue weighted by atomic mass is 10.1. The summed E-state index contributed by atoms with van der Waals surface area (Å²) in [5, 5.41) is 8.66. The average molecular weight is 273 g/mol. The molecule has 0 bridgehead atoms. The maximum absolute atomic E-state index is 12.3. The standard InChI is InChI=1S/C16H19NO3/c1-13-12-17(9-11-20-13)16(19)15-7-5-14(6-8-15)4-2-3-10-18/h5-8,13,18H,3,9-12H2,1H3. The molecule has 1 saturated heterocycles. The third-order valence-electron chi connectivity index (χ3n) is 3.13. The largest absolute Gasteiger partial charge is 0.395 e. The highest BCUT2D eigenvalue weighted by molar-refractivity contribution is 5.94. The molecule has 1 aliphatic rings. The van der Waals surface area contributed by atoms with E-state index in [1.54, 1.807) is 12.1 Å². The molecule has 0 radical (unpaired) electrons. The number of carbonyl (C=O) groups is 1. The molecule has 1 aromatic rings. The number of morpholine rings is 1. The number of carbonyl (C=O) groups excluding carboxylic acids is 1. The molecule has 106 valence electrons. The van der Waals surface area contributed by atoms with Crippen LogP contribution in [0.15, 0.2) is 24.3 Å². The zero-order valence-electron chi connectivity index (χ0n) is 11.6. The van der Waals surface area contributed by atoms with E-state index in [0.29, 0.717) is 31.7 Å². The summed E-state index contributed by atoms with van der Waals surface area (Å²) >= 11 is 0. The van der Waals surface area contributed by atoms with Crippen LogP contribution >= 0.6 is 0 Å². The Kier molecular flexibility index (Phi) is 5.16. The van der Waals surface area contributed by atoms with Crippen molar-refractivity contribution in [2.75, 3.05) is 26.3 Å². The van der Waals surface area contributed by atoms with Crippen molar-refractivity contribution in [2.45, 2.75) is 19.4 Å². The maximum Gasteiger partial charge on any atom is 0.254 e. The van der Waals surface area contributed by atoms with Gasteiger partial charge in [0, 0.05) is 30.6 Å². The van der Waals surface area contributed by atoms with Crippen LogP contribution in [0.3, 0.4) is 0 Å². The van der Waals surface area contributed by atoms with Crippen LogP contribution in [0.25, 0.3) is 0 Å². The first-order valence-corrected chi connectivity index (χ1v) is 6.81. The van der Waals surface area contributed by atoms with E-state index in [1.165, 1.54) is 0 Å². The van der Waals surface area contributed by atoms with Gasteiger partial charge in [0.05, 0.1) is 19.3 Å². The zero-order chi connectivity index (χ0) is 14.4. The van der Waals surface area contributed by atoms with E-state index >= 15 is 0 Å². The van der Waals surface area contributed by atoms with E-state index in [9.17, 15) is 4.79 Å². The van der Waals surface area contributed by atoms with Gasteiger partial charge in [0.1, 0.15) is 0 Å². The van der Waals surface area contributed by atoms with Crippen LogP contribution in [0.2, 0.25) is 0 Å². The first-order chi connectivity index (χ1) is 9.70. The minimum absolute atomic E-state index is 0.0371. The molecule has 0 spiro atoms. The number of hydrogen-bond acceptors (Lipinski definition) is 3. The lowest BCUT2D eigenvalue weighted by Gasteiger charge is -2.31. The lowest BCUT2D eigenvalue weighted by molar-refractivity contribution is -0.0124. The molecule has 0 aromatic heterocycles. The Morgan fingerprint density at radius 3 is 2.85 bits per heavy atom. The molecule has 0 aliphatic carbocycles. The van der Waals surface area contributed by atoms with Crippen LogP contribution in [-0.2, 0) is 4.74 Å². The third-order valence-corrected chi connectivity index (χ3v) is 3.13. The van der Waals surface area contributed by atoms with Gasteiger partial charge in [-0.2, -0.15) is 0 Å². The van der Waals surface area contributed by atoms with Gasteiger partial charge in [-0.25, -0.2) is 0 Å². The molecule has 4 nitrogen and oxygen atoms in total. The minimum Gasteiger partial charge on any atom is -0.395 e. The van der Waals surface area contributed by atoms with Crippen LogP contribution in [0, 0.1) is 11.8 Å².